The topological polar surface area (TPSA) is 84.3 Å². The van der Waals surface area contributed by atoms with Gasteiger partial charge in [0.2, 0.25) is 10.0 Å². The van der Waals surface area contributed by atoms with E-state index in [0.717, 1.165) is 12.8 Å². The number of sulfonamides is 1. The molecule has 0 radical (unpaired) electrons. The van der Waals surface area contributed by atoms with Crippen LogP contribution in [-0.4, -0.2) is 41.5 Å². The van der Waals surface area contributed by atoms with Gasteiger partial charge >= 0.3 is 0 Å². The van der Waals surface area contributed by atoms with Crippen LogP contribution in [0, 0.1) is 0 Å². The zero-order valence-electron chi connectivity index (χ0n) is 15.9. The third kappa shape index (κ3) is 4.06. The highest BCUT2D eigenvalue weighted by Gasteiger charge is 2.25. The number of hydrogen-bond acceptors (Lipinski definition) is 4. The maximum absolute atomic E-state index is 12.7. The number of amides is 1. The molecule has 0 atom stereocenters. The van der Waals surface area contributed by atoms with E-state index in [0.29, 0.717) is 17.4 Å². The molecular formula is C19H26N4O3S. The molecule has 0 saturated heterocycles. The Balaban J connectivity index is 1.82. The molecule has 2 aromatic rings. The third-order valence-electron chi connectivity index (χ3n) is 5.08. The Morgan fingerprint density at radius 3 is 2.63 bits per heavy atom. The summed E-state index contributed by atoms with van der Waals surface area (Å²) in [6.45, 7) is 3.61. The molecule has 0 aliphatic heterocycles. The lowest BCUT2D eigenvalue weighted by Gasteiger charge is -2.21. The summed E-state index contributed by atoms with van der Waals surface area (Å²) in [5.41, 5.74) is 0.299. The monoisotopic (exact) mass is 390 g/mol. The van der Waals surface area contributed by atoms with Gasteiger partial charge in [-0.3, -0.25) is 4.79 Å². The van der Waals surface area contributed by atoms with Crippen LogP contribution < -0.4 is 5.32 Å². The fourth-order valence-electron chi connectivity index (χ4n) is 3.28. The van der Waals surface area contributed by atoms with E-state index in [4.69, 9.17) is 0 Å². The molecule has 1 amide bonds. The molecule has 0 spiro atoms. The van der Waals surface area contributed by atoms with Crippen LogP contribution in [0.1, 0.15) is 55.9 Å². The van der Waals surface area contributed by atoms with Gasteiger partial charge in [-0.1, -0.05) is 18.9 Å². The predicted octanol–water partition coefficient (Wildman–Crippen LogP) is 3.28. The van der Waals surface area contributed by atoms with Crippen molar-refractivity contribution < 1.29 is 13.2 Å². The molecule has 1 saturated carbocycles. The Kier molecular flexibility index (Phi) is 5.67. The first kappa shape index (κ1) is 19.6. The van der Waals surface area contributed by atoms with Crippen molar-refractivity contribution >= 4 is 21.7 Å². The molecular weight excluding hydrogens is 364 g/mol. The van der Waals surface area contributed by atoms with Crippen molar-refractivity contribution in [2.45, 2.75) is 56.5 Å². The number of anilines is 1. The molecule has 1 fully saturated rings. The number of aromatic nitrogens is 2. The second-order valence-electron chi connectivity index (χ2n) is 7.20. The molecule has 1 heterocycles. The summed E-state index contributed by atoms with van der Waals surface area (Å²) in [6, 6.07) is 8.02. The van der Waals surface area contributed by atoms with Crippen LogP contribution in [0.2, 0.25) is 0 Å². The first-order valence-corrected chi connectivity index (χ1v) is 10.7. The molecule has 146 valence electrons. The largest absolute Gasteiger partial charge is 0.307 e. The minimum Gasteiger partial charge on any atom is -0.307 e. The normalized spacial score (nSPS) is 15.6. The Morgan fingerprint density at radius 1 is 1.26 bits per heavy atom. The standard InChI is InChI=1S/C19H26N4O3S/c1-14(2)22(3)27(25,26)17-10-6-7-15(13-17)19(24)21-18-11-12-20-23(18)16-8-4-5-9-16/h6-7,10-14,16H,4-5,8-9H2,1-3H3,(H,21,24). The van der Waals surface area contributed by atoms with Crippen LogP contribution in [0.15, 0.2) is 41.4 Å². The second kappa shape index (κ2) is 7.82. The number of rotatable bonds is 6. The van der Waals surface area contributed by atoms with Gasteiger partial charge in [0.05, 0.1) is 17.1 Å². The van der Waals surface area contributed by atoms with Gasteiger partial charge in [-0.2, -0.15) is 9.40 Å². The van der Waals surface area contributed by atoms with Gasteiger partial charge in [0.15, 0.2) is 0 Å². The second-order valence-corrected chi connectivity index (χ2v) is 9.19. The van der Waals surface area contributed by atoms with Gasteiger partial charge in [0, 0.05) is 24.7 Å². The molecule has 0 bridgehead atoms. The summed E-state index contributed by atoms with van der Waals surface area (Å²) >= 11 is 0. The van der Waals surface area contributed by atoms with Gasteiger partial charge < -0.3 is 5.32 Å². The van der Waals surface area contributed by atoms with E-state index in [-0.39, 0.29) is 16.8 Å². The van der Waals surface area contributed by atoms with E-state index in [1.165, 1.54) is 36.3 Å². The van der Waals surface area contributed by atoms with Gasteiger partial charge in [-0.15, -0.1) is 0 Å². The van der Waals surface area contributed by atoms with Crippen molar-refractivity contribution in [1.29, 1.82) is 0 Å². The average molecular weight is 391 g/mol. The molecule has 0 unspecified atom stereocenters. The van der Waals surface area contributed by atoms with Gasteiger partial charge in [0.25, 0.3) is 5.91 Å². The third-order valence-corrected chi connectivity index (χ3v) is 7.11. The lowest BCUT2D eigenvalue weighted by Crippen LogP contribution is -2.33. The van der Waals surface area contributed by atoms with Crippen molar-refractivity contribution in [2.75, 3.05) is 12.4 Å². The van der Waals surface area contributed by atoms with Crippen LogP contribution >= 0.6 is 0 Å². The average Bonchev–Trinajstić information content (AvgIpc) is 3.32. The van der Waals surface area contributed by atoms with Crippen molar-refractivity contribution in [1.82, 2.24) is 14.1 Å². The zero-order chi connectivity index (χ0) is 19.6. The number of benzene rings is 1. The minimum atomic E-state index is -3.64. The van der Waals surface area contributed by atoms with Crippen LogP contribution in [-0.2, 0) is 10.0 Å². The van der Waals surface area contributed by atoms with Gasteiger partial charge in [-0.05, 0) is 44.9 Å². The Hall–Kier alpha value is -2.19. The smallest absolute Gasteiger partial charge is 0.256 e. The predicted molar refractivity (Wildman–Crippen MR) is 104 cm³/mol. The van der Waals surface area contributed by atoms with Crippen molar-refractivity contribution in [3.05, 3.63) is 42.1 Å². The molecule has 1 aliphatic rings. The highest BCUT2D eigenvalue weighted by Crippen LogP contribution is 2.31. The zero-order valence-corrected chi connectivity index (χ0v) is 16.7. The minimum absolute atomic E-state index is 0.107. The molecule has 1 N–H and O–H groups in total. The van der Waals surface area contributed by atoms with E-state index in [2.05, 4.69) is 10.4 Å². The van der Waals surface area contributed by atoms with Gasteiger partial charge in [0.1, 0.15) is 5.82 Å². The molecule has 27 heavy (non-hydrogen) atoms. The summed E-state index contributed by atoms with van der Waals surface area (Å²) in [4.78, 5) is 12.8. The Morgan fingerprint density at radius 2 is 1.96 bits per heavy atom. The number of carbonyl (C=O) groups is 1. The highest BCUT2D eigenvalue weighted by molar-refractivity contribution is 7.89. The van der Waals surface area contributed by atoms with E-state index in [1.54, 1.807) is 38.2 Å². The first-order valence-electron chi connectivity index (χ1n) is 9.23. The van der Waals surface area contributed by atoms with Crippen LogP contribution in [0.4, 0.5) is 5.82 Å². The van der Waals surface area contributed by atoms with E-state index >= 15 is 0 Å². The van der Waals surface area contributed by atoms with E-state index in [1.807, 2.05) is 4.68 Å². The number of hydrogen-bond donors (Lipinski definition) is 1. The van der Waals surface area contributed by atoms with E-state index < -0.39 is 10.0 Å². The summed E-state index contributed by atoms with van der Waals surface area (Å²) < 4.78 is 28.5. The van der Waals surface area contributed by atoms with Crippen LogP contribution in [0.25, 0.3) is 0 Å². The summed E-state index contributed by atoms with van der Waals surface area (Å²) in [5.74, 6) is 0.290. The number of nitrogens with one attached hydrogen (secondary N) is 1. The molecule has 1 aliphatic carbocycles. The number of carbonyl (C=O) groups excluding carboxylic acids is 1. The van der Waals surface area contributed by atoms with Crippen LogP contribution in [0.5, 0.6) is 0 Å². The fraction of sp³-hybridized carbons (Fsp3) is 0.474. The maximum Gasteiger partial charge on any atom is 0.256 e. The first-order chi connectivity index (χ1) is 12.8. The van der Waals surface area contributed by atoms with Crippen molar-refractivity contribution in [3.8, 4) is 0 Å². The van der Waals surface area contributed by atoms with Gasteiger partial charge in [-0.25, -0.2) is 13.1 Å². The lowest BCUT2D eigenvalue weighted by atomic mass is 10.2. The van der Waals surface area contributed by atoms with E-state index in [9.17, 15) is 13.2 Å². The summed E-state index contributed by atoms with van der Waals surface area (Å²) in [6.07, 6.45) is 6.12. The maximum atomic E-state index is 12.7. The molecule has 8 heteroatoms. The van der Waals surface area contributed by atoms with Crippen molar-refractivity contribution in [2.24, 2.45) is 0 Å². The molecule has 3 rings (SSSR count). The highest BCUT2D eigenvalue weighted by atomic mass is 32.2. The fourth-order valence-corrected chi connectivity index (χ4v) is 4.70. The summed E-state index contributed by atoms with van der Waals surface area (Å²) in [5, 5.41) is 7.21. The SMILES string of the molecule is CC(C)N(C)S(=O)(=O)c1cccc(C(=O)Nc2ccnn2C2CCCC2)c1. The molecule has 7 nitrogen and oxygen atoms in total. The van der Waals surface area contributed by atoms with Crippen molar-refractivity contribution in [3.63, 3.8) is 0 Å². The lowest BCUT2D eigenvalue weighted by molar-refractivity contribution is 0.102. The quantitative estimate of drug-likeness (QED) is 0.820. The summed E-state index contributed by atoms with van der Waals surface area (Å²) in [7, 11) is -2.11. The van der Waals surface area contributed by atoms with Crippen LogP contribution in [0.3, 0.4) is 0 Å². The number of nitrogens with zero attached hydrogens (tertiary/aromatic N) is 3. The Labute approximate surface area is 160 Å². The Bertz CT molecular complexity index is 915. The molecule has 1 aromatic heterocycles. The molecule has 1 aromatic carbocycles.